The normalized spacial score (nSPS) is 12.5. The Balaban J connectivity index is 2.07. The smallest absolute Gasteiger partial charge is 0.244 e. The molecule has 3 aromatic rings. The maximum atomic E-state index is 14.0. The topological polar surface area (TPSA) is 86.8 Å². The standard InChI is InChI=1S/C30H36FN3O4S/c1-22-10-9-13-24(18-22)20-33(27(29(36)32-30(2,3)4)19-23-11-7-6-8-12-23)28(35)21-34(39(5,37)38)26-16-14-25(31)15-17-26/h6-18,27H,19-21H2,1-5H3,(H,32,36)/t27-/m1/s1. The minimum absolute atomic E-state index is 0.0938. The number of hydrogen-bond acceptors (Lipinski definition) is 4. The van der Waals surface area contributed by atoms with Crippen molar-refractivity contribution < 1.29 is 22.4 Å². The van der Waals surface area contributed by atoms with Crippen LogP contribution in [-0.4, -0.2) is 49.5 Å². The highest BCUT2D eigenvalue weighted by Gasteiger charge is 2.34. The molecule has 0 spiro atoms. The average molecular weight is 554 g/mol. The molecule has 0 fully saturated rings. The van der Waals surface area contributed by atoms with Crippen LogP contribution in [0.5, 0.6) is 0 Å². The molecule has 1 atom stereocenters. The van der Waals surface area contributed by atoms with Crippen molar-refractivity contribution in [3.8, 4) is 0 Å². The number of hydrogen-bond donors (Lipinski definition) is 1. The first-order valence-corrected chi connectivity index (χ1v) is 14.5. The van der Waals surface area contributed by atoms with E-state index in [2.05, 4.69) is 5.32 Å². The summed E-state index contributed by atoms with van der Waals surface area (Å²) < 4.78 is 40.0. The number of carbonyl (C=O) groups is 2. The maximum Gasteiger partial charge on any atom is 0.244 e. The molecule has 0 saturated carbocycles. The highest BCUT2D eigenvalue weighted by atomic mass is 32.2. The van der Waals surface area contributed by atoms with Crippen molar-refractivity contribution in [2.45, 2.75) is 52.2 Å². The van der Waals surface area contributed by atoms with Crippen molar-refractivity contribution >= 4 is 27.5 Å². The Hall–Kier alpha value is -3.72. The zero-order valence-corrected chi connectivity index (χ0v) is 23.8. The summed E-state index contributed by atoms with van der Waals surface area (Å²) in [7, 11) is -3.91. The van der Waals surface area contributed by atoms with Crippen LogP contribution in [0.4, 0.5) is 10.1 Å². The number of halogens is 1. The molecule has 0 saturated heterocycles. The Kier molecular flexibility index (Phi) is 9.50. The number of carbonyl (C=O) groups excluding carboxylic acids is 2. The van der Waals surface area contributed by atoms with Crippen LogP contribution in [0.3, 0.4) is 0 Å². The summed E-state index contributed by atoms with van der Waals surface area (Å²) in [5.74, 6) is -1.43. The summed E-state index contributed by atoms with van der Waals surface area (Å²) in [5, 5.41) is 2.99. The fourth-order valence-electron chi connectivity index (χ4n) is 4.24. The van der Waals surface area contributed by atoms with Gasteiger partial charge in [-0.2, -0.15) is 0 Å². The van der Waals surface area contributed by atoms with Gasteiger partial charge in [0.05, 0.1) is 11.9 Å². The zero-order valence-electron chi connectivity index (χ0n) is 23.0. The van der Waals surface area contributed by atoms with E-state index in [1.807, 2.05) is 82.3 Å². The molecule has 1 N–H and O–H groups in total. The molecule has 0 aromatic heterocycles. The molecule has 0 bridgehead atoms. The summed E-state index contributed by atoms with van der Waals surface area (Å²) in [5.41, 5.74) is 2.24. The van der Waals surface area contributed by atoms with Crippen molar-refractivity contribution in [2.24, 2.45) is 0 Å². The average Bonchev–Trinajstić information content (AvgIpc) is 2.84. The molecule has 39 heavy (non-hydrogen) atoms. The molecule has 0 aliphatic carbocycles. The lowest BCUT2D eigenvalue weighted by Gasteiger charge is -2.35. The molecule has 2 amide bonds. The molecule has 0 unspecified atom stereocenters. The van der Waals surface area contributed by atoms with Crippen LogP contribution >= 0.6 is 0 Å². The van der Waals surface area contributed by atoms with Gasteiger partial charge in [0.25, 0.3) is 0 Å². The van der Waals surface area contributed by atoms with E-state index in [0.717, 1.165) is 39.4 Å². The summed E-state index contributed by atoms with van der Waals surface area (Å²) in [6, 6.07) is 20.9. The van der Waals surface area contributed by atoms with E-state index >= 15 is 0 Å². The van der Waals surface area contributed by atoms with Gasteiger partial charge in [0.2, 0.25) is 21.8 Å². The number of nitrogens with zero attached hydrogens (tertiary/aromatic N) is 2. The molecular weight excluding hydrogens is 517 g/mol. The van der Waals surface area contributed by atoms with Gasteiger partial charge in [0.15, 0.2) is 0 Å². The predicted molar refractivity (Wildman–Crippen MR) is 152 cm³/mol. The summed E-state index contributed by atoms with van der Waals surface area (Å²) in [6.45, 7) is 7.05. The highest BCUT2D eigenvalue weighted by Crippen LogP contribution is 2.21. The van der Waals surface area contributed by atoms with Crippen molar-refractivity contribution in [1.29, 1.82) is 0 Å². The van der Waals surface area contributed by atoms with Gasteiger partial charge in [0.1, 0.15) is 18.4 Å². The first-order valence-electron chi connectivity index (χ1n) is 12.7. The monoisotopic (exact) mass is 553 g/mol. The third-order valence-electron chi connectivity index (χ3n) is 6.00. The molecule has 208 valence electrons. The van der Waals surface area contributed by atoms with Crippen molar-refractivity contribution in [3.63, 3.8) is 0 Å². The number of sulfonamides is 1. The third-order valence-corrected chi connectivity index (χ3v) is 7.14. The van der Waals surface area contributed by atoms with E-state index in [9.17, 15) is 22.4 Å². The number of rotatable bonds is 10. The molecule has 3 aromatic carbocycles. The Morgan fingerprint density at radius 2 is 1.54 bits per heavy atom. The number of aryl methyl sites for hydroxylation is 1. The van der Waals surface area contributed by atoms with Gasteiger partial charge >= 0.3 is 0 Å². The number of nitrogens with one attached hydrogen (secondary N) is 1. The first kappa shape index (κ1) is 29.8. The van der Waals surface area contributed by atoms with Crippen LogP contribution in [0.25, 0.3) is 0 Å². The van der Waals surface area contributed by atoms with E-state index < -0.39 is 39.9 Å². The predicted octanol–water partition coefficient (Wildman–Crippen LogP) is 4.45. The molecule has 7 nitrogen and oxygen atoms in total. The van der Waals surface area contributed by atoms with Crippen LogP contribution in [0.2, 0.25) is 0 Å². The second kappa shape index (κ2) is 12.4. The molecule has 0 aliphatic rings. The summed E-state index contributed by atoms with van der Waals surface area (Å²) in [4.78, 5) is 29.1. The largest absolute Gasteiger partial charge is 0.350 e. The first-order chi connectivity index (χ1) is 18.2. The maximum absolute atomic E-state index is 14.0. The van der Waals surface area contributed by atoms with Gasteiger partial charge in [-0.05, 0) is 63.1 Å². The van der Waals surface area contributed by atoms with Crippen LogP contribution in [-0.2, 0) is 32.6 Å². The summed E-state index contributed by atoms with van der Waals surface area (Å²) in [6.07, 6.45) is 1.22. The van der Waals surface area contributed by atoms with Crippen LogP contribution in [0, 0.1) is 12.7 Å². The van der Waals surface area contributed by atoms with Crippen molar-refractivity contribution in [3.05, 3.63) is 101 Å². The van der Waals surface area contributed by atoms with Gasteiger partial charge in [-0.3, -0.25) is 13.9 Å². The van der Waals surface area contributed by atoms with Gasteiger partial charge < -0.3 is 10.2 Å². The van der Waals surface area contributed by atoms with Gasteiger partial charge in [-0.1, -0.05) is 60.2 Å². The number of amides is 2. The van der Waals surface area contributed by atoms with E-state index in [1.54, 1.807) is 0 Å². The van der Waals surface area contributed by atoms with E-state index in [1.165, 1.54) is 17.0 Å². The SMILES string of the molecule is Cc1cccc(CN(C(=O)CN(c2ccc(F)cc2)S(C)(=O)=O)[C@H](Cc2ccccc2)C(=O)NC(C)(C)C)c1. The fraction of sp³-hybridized carbons (Fsp3) is 0.333. The number of anilines is 1. The molecule has 0 radical (unpaired) electrons. The molecular formula is C30H36FN3O4S. The Morgan fingerprint density at radius 1 is 0.923 bits per heavy atom. The third kappa shape index (κ3) is 8.92. The van der Waals surface area contributed by atoms with Crippen LogP contribution < -0.4 is 9.62 Å². The lowest BCUT2D eigenvalue weighted by Crippen LogP contribution is -2.56. The van der Waals surface area contributed by atoms with E-state index in [-0.39, 0.29) is 24.6 Å². The zero-order chi connectivity index (χ0) is 28.8. The van der Waals surface area contributed by atoms with E-state index in [0.29, 0.717) is 0 Å². The second-order valence-electron chi connectivity index (χ2n) is 10.7. The highest BCUT2D eigenvalue weighted by molar-refractivity contribution is 7.92. The van der Waals surface area contributed by atoms with Crippen molar-refractivity contribution in [1.82, 2.24) is 10.2 Å². The molecule has 3 rings (SSSR count). The molecule has 0 aliphatic heterocycles. The van der Waals surface area contributed by atoms with Gasteiger partial charge in [-0.25, -0.2) is 12.8 Å². The quantitative estimate of drug-likeness (QED) is 0.402. The van der Waals surface area contributed by atoms with Crippen molar-refractivity contribution in [2.75, 3.05) is 17.1 Å². The Labute approximate surface area is 230 Å². The molecule has 0 heterocycles. The van der Waals surface area contributed by atoms with Gasteiger partial charge in [0, 0.05) is 18.5 Å². The Morgan fingerprint density at radius 3 is 2.10 bits per heavy atom. The fourth-order valence-corrected chi connectivity index (χ4v) is 5.08. The second-order valence-corrected chi connectivity index (χ2v) is 12.6. The van der Waals surface area contributed by atoms with E-state index in [4.69, 9.17) is 0 Å². The number of benzene rings is 3. The minimum Gasteiger partial charge on any atom is -0.350 e. The Bertz CT molecular complexity index is 1390. The van der Waals surface area contributed by atoms with Gasteiger partial charge in [-0.15, -0.1) is 0 Å². The molecule has 9 heteroatoms. The summed E-state index contributed by atoms with van der Waals surface area (Å²) >= 11 is 0. The minimum atomic E-state index is -3.91. The van der Waals surface area contributed by atoms with Crippen LogP contribution in [0.1, 0.15) is 37.5 Å². The van der Waals surface area contributed by atoms with Crippen LogP contribution in [0.15, 0.2) is 78.9 Å². The lowest BCUT2D eigenvalue weighted by atomic mass is 10.0. The lowest BCUT2D eigenvalue weighted by molar-refractivity contribution is -0.140.